The number of pyridine rings is 1. The molecule has 1 amide bonds. The molecular weight excluding hydrogens is 324 g/mol. The van der Waals surface area contributed by atoms with Crippen molar-refractivity contribution in [2.75, 3.05) is 11.5 Å². The van der Waals surface area contributed by atoms with E-state index < -0.39 is 15.4 Å². The summed E-state index contributed by atoms with van der Waals surface area (Å²) in [5.41, 5.74) is 3.06. The number of hydrogen-bond acceptors (Lipinski definition) is 4. The van der Waals surface area contributed by atoms with E-state index in [-0.39, 0.29) is 23.8 Å². The van der Waals surface area contributed by atoms with Crippen LogP contribution >= 0.6 is 0 Å². The summed E-state index contributed by atoms with van der Waals surface area (Å²) in [5.74, 6) is -0.00291. The Morgan fingerprint density at radius 1 is 1.29 bits per heavy atom. The second kappa shape index (κ2) is 5.84. The van der Waals surface area contributed by atoms with Gasteiger partial charge in [0.2, 0.25) is 5.91 Å². The average molecular weight is 346 g/mol. The van der Waals surface area contributed by atoms with Crippen LogP contribution in [0.15, 0.2) is 24.3 Å². The Morgan fingerprint density at radius 2 is 2.00 bits per heavy atom. The highest BCUT2D eigenvalue weighted by Gasteiger charge is 2.39. The average Bonchev–Trinajstić information content (AvgIpc) is 2.76. The minimum absolute atomic E-state index is 0.0136. The minimum Gasteiger partial charge on any atom is -0.350 e. The van der Waals surface area contributed by atoms with Gasteiger partial charge in [-0.05, 0) is 44.4 Å². The molecule has 1 aromatic heterocycles. The molecule has 1 aromatic carbocycles. The van der Waals surface area contributed by atoms with E-state index in [0.717, 1.165) is 27.7 Å². The number of hydrogen-bond donors (Lipinski definition) is 1. The van der Waals surface area contributed by atoms with Crippen LogP contribution in [0, 0.1) is 13.8 Å². The monoisotopic (exact) mass is 346 g/mol. The summed E-state index contributed by atoms with van der Waals surface area (Å²) in [5, 5.41) is 3.96. The summed E-state index contributed by atoms with van der Waals surface area (Å²) in [7, 11) is -3.04. The molecule has 2 aromatic rings. The number of aromatic nitrogens is 1. The maximum Gasteiger partial charge on any atom is 0.224 e. The minimum atomic E-state index is -3.04. The molecule has 128 valence electrons. The summed E-state index contributed by atoms with van der Waals surface area (Å²) in [4.78, 5) is 17.1. The van der Waals surface area contributed by atoms with Crippen LogP contribution in [0.25, 0.3) is 10.9 Å². The molecule has 0 aliphatic carbocycles. The normalized spacial score (nSPS) is 22.6. The molecule has 0 spiro atoms. The van der Waals surface area contributed by atoms with Crippen LogP contribution in [0.2, 0.25) is 0 Å². The third-order valence-corrected chi connectivity index (χ3v) is 6.67. The standard InChI is InChI=1S/C18H22N2O3S/c1-12-14-6-4-5-7-16(14)19-13(2)15(12)10-17(21)20-18(3)8-9-24(22,23)11-18/h4-7H,8-11H2,1-3H3,(H,20,21). The number of para-hydroxylation sites is 1. The molecular formula is C18H22N2O3S. The summed E-state index contributed by atoms with van der Waals surface area (Å²) < 4.78 is 23.4. The smallest absolute Gasteiger partial charge is 0.224 e. The second-order valence-corrected chi connectivity index (χ2v) is 9.13. The van der Waals surface area contributed by atoms with E-state index in [0.29, 0.717) is 6.42 Å². The van der Waals surface area contributed by atoms with Gasteiger partial charge in [0.25, 0.3) is 0 Å². The molecule has 1 aliphatic rings. The molecule has 3 rings (SSSR count). The zero-order valence-corrected chi connectivity index (χ0v) is 15.0. The van der Waals surface area contributed by atoms with Gasteiger partial charge >= 0.3 is 0 Å². The Balaban J connectivity index is 1.84. The Morgan fingerprint density at radius 3 is 2.67 bits per heavy atom. The molecule has 0 radical (unpaired) electrons. The van der Waals surface area contributed by atoms with Crippen LogP contribution in [-0.2, 0) is 21.1 Å². The lowest BCUT2D eigenvalue weighted by Gasteiger charge is -2.24. The largest absolute Gasteiger partial charge is 0.350 e. The fourth-order valence-corrected chi connectivity index (χ4v) is 5.57. The number of carbonyl (C=O) groups excluding carboxylic acids is 1. The number of sulfone groups is 1. The highest BCUT2D eigenvalue weighted by Crippen LogP contribution is 2.25. The predicted molar refractivity (Wildman–Crippen MR) is 94.7 cm³/mol. The first-order valence-corrected chi connectivity index (χ1v) is 9.87. The fourth-order valence-electron chi connectivity index (χ4n) is 3.48. The third kappa shape index (κ3) is 3.29. The zero-order chi connectivity index (χ0) is 17.5. The van der Waals surface area contributed by atoms with E-state index in [4.69, 9.17) is 0 Å². The van der Waals surface area contributed by atoms with Gasteiger partial charge in [-0.25, -0.2) is 8.42 Å². The number of carbonyl (C=O) groups is 1. The molecule has 1 atom stereocenters. The Kier molecular flexibility index (Phi) is 4.11. The van der Waals surface area contributed by atoms with Gasteiger partial charge < -0.3 is 5.32 Å². The topological polar surface area (TPSA) is 76.1 Å². The summed E-state index contributed by atoms with van der Waals surface area (Å²) in [6.45, 7) is 5.71. The molecule has 1 N–H and O–H groups in total. The molecule has 1 saturated heterocycles. The molecule has 1 unspecified atom stereocenters. The number of aryl methyl sites for hydroxylation is 2. The van der Waals surface area contributed by atoms with Gasteiger partial charge in [0.15, 0.2) is 9.84 Å². The molecule has 2 heterocycles. The molecule has 1 fully saturated rings. The summed E-state index contributed by atoms with van der Waals surface area (Å²) in [6.07, 6.45) is 0.681. The number of amides is 1. The van der Waals surface area contributed by atoms with E-state index in [2.05, 4.69) is 10.3 Å². The predicted octanol–water partition coefficient (Wildman–Crippen LogP) is 2.09. The highest BCUT2D eigenvalue weighted by atomic mass is 32.2. The van der Waals surface area contributed by atoms with Gasteiger partial charge in [-0.3, -0.25) is 9.78 Å². The van der Waals surface area contributed by atoms with Gasteiger partial charge in [-0.1, -0.05) is 18.2 Å². The van der Waals surface area contributed by atoms with E-state index in [1.54, 1.807) is 6.92 Å². The SMILES string of the molecule is Cc1nc2ccccc2c(C)c1CC(=O)NC1(C)CCS(=O)(=O)C1. The molecule has 6 heteroatoms. The Labute approximate surface area is 142 Å². The van der Waals surface area contributed by atoms with Crippen molar-refractivity contribution in [3.63, 3.8) is 0 Å². The highest BCUT2D eigenvalue weighted by molar-refractivity contribution is 7.91. The molecule has 5 nitrogen and oxygen atoms in total. The van der Waals surface area contributed by atoms with Crippen molar-refractivity contribution in [3.05, 3.63) is 41.1 Å². The first-order valence-electron chi connectivity index (χ1n) is 8.05. The first-order chi connectivity index (χ1) is 11.2. The van der Waals surface area contributed by atoms with E-state index in [9.17, 15) is 13.2 Å². The zero-order valence-electron chi connectivity index (χ0n) is 14.2. The van der Waals surface area contributed by atoms with Crippen molar-refractivity contribution in [2.24, 2.45) is 0 Å². The number of benzene rings is 1. The third-order valence-electron chi connectivity index (χ3n) is 4.77. The van der Waals surface area contributed by atoms with Crippen LogP contribution in [0.3, 0.4) is 0 Å². The van der Waals surface area contributed by atoms with E-state index in [1.807, 2.05) is 38.1 Å². The van der Waals surface area contributed by atoms with Gasteiger partial charge in [-0.2, -0.15) is 0 Å². The Bertz CT molecular complexity index is 921. The quantitative estimate of drug-likeness (QED) is 0.923. The van der Waals surface area contributed by atoms with Crippen LogP contribution in [0.4, 0.5) is 0 Å². The van der Waals surface area contributed by atoms with Crippen molar-refractivity contribution >= 4 is 26.6 Å². The molecule has 0 bridgehead atoms. The summed E-state index contributed by atoms with van der Waals surface area (Å²) in [6, 6.07) is 7.87. The van der Waals surface area contributed by atoms with Crippen LogP contribution < -0.4 is 5.32 Å². The number of nitrogens with one attached hydrogen (secondary N) is 1. The van der Waals surface area contributed by atoms with Crippen LogP contribution in [0.5, 0.6) is 0 Å². The van der Waals surface area contributed by atoms with Gasteiger partial charge in [0.1, 0.15) is 0 Å². The van der Waals surface area contributed by atoms with Crippen molar-refractivity contribution in [1.82, 2.24) is 10.3 Å². The lowest BCUT2D eigenvalue weighted by Crippen LogP contribution is -2.47. The lowest BCUT2D eigenvalue weighted by atomic mass is 9.97. The van der Waals surface area contributed by atoms with Crippen molar-refractivity contribution in [2.45, 2.75) is 39.2 Å². The van der Waals surface area contributed by atoms with Gasteiger partial charge in [0.05, 0.1) is 29.0 Å². The number of rotatable bonds is 3. The van der Waals surface area contributed by atoms with Crippen LogP contribution in [0.1, 0.15) is 30.2 Å². The lowest BCUT2D eigenvalue weighted by molar-refractivity contribution is -0.121. The van der Waals surface area contributed by atoms with E-state index in [1.165, 1.54) is 0 Å². The second-order valence-electron chi connectivity index (χ2n) is 6.95. The van der Waals surface area contributed by atoms with Crippen molar-refractivity contribution < 1.29 is 13.2 Å². The van der Waals surface area contributed by atoms with Gasteiger partial charge in [0, 0.05) is 11.1 Å². The van der Waals surface area contributed by atoms with Gasteiger partial charge in [-0.15, -0.1) is 0 Å². The van der Waals surface area contributed by atoms with E-state index >= 15 is 0 Å². The number of fused-ring (bicyclic) bond motifs is 1. The molecule has 1 aliphatic heterocycles. The molecule has 24 heavy (non-hydrogen) atoms. The van der Waals surface area contributed by atoms with Crippen LogP contribution in [-0.4, -0.2) is 36.4 Å². The van der Waals surface area contributed by atoms with Crippen molar-refractivity contribution in [3.8, 4) is 0 Å². The number of nitrogens with zero attached hydrogens (tertiary/aromatic N) is 1. The maximum absolute atomic E-state index is 12.5. The summed E-state index contributed by atoms with van der Waals surface area (Å²) >= 11 is 0. The molecule has 0 saturated carbocycles. The fraction of sp³-hybridized carbons (Fsp3) is 0.444. The maximum atomic E-state index is 12.5. The first kappa shape index (κ1) is 16.9. The van der Waals surface area contributed by atoms with Crippen molar-refractivity contribution in [1.29, 1.82) is 0 Å². The Hall–Kier alpha value is -1.95.